The van der Waals surface area contributed by atoms with Gasteiger partial charge in [0.2, 0.25) is 5.91 Å². The van der Waals surface area contributed by atoms with Crippen LogP contribution in [-0.2, 0) is 23.8 Å². The maximum absolute atomic E-state index is 12.9. The highest BCUT2D eigenvalue weighted by atomic mass is 16.7. The van der Waals surface area contributed by atoms with E-state index in [4.69, 9.17) is 14.2 Å². The van der Waals surface area contributed by atoms with E-state index in [1.54, 1.807) is 13.8 Å². The van der Waals surface area contributed by atoms with Crippen LogP contribution in [0.5, 0.6) is 0 Å². The summed E-state index contributed by atoms with van der Waals surface area (Å²) in [5.41, 5.74) is 5.39. The molecule has 0 bridgehead atoms. The molecule has 2 aromatic carbocycles. The zero-order chi connectivity index (χ0) is 36.5. The Balaban J connectivity index is 0.996. The van der Waals surface area contributed by atoms with Crippen LogP contribution in [0.4, 0.5) is 4.79 Å². The molecule has 7 atom stereocenters. The summed E-state index contributed by atoms with van der Waals surface area (Å²) in [4.78, 5) is 37.1. The number of carbonyl (C=O) groups is 3. The fourth-order valence-electron chi connectivity index (χ4n) is 7.86. The second-order valence-corrected chi connectivity index (χ2v) is 15.2. The fourth-order valence-corrected chi connectivity index (χ4v) is 7.86. The van der Waals surface area contributed by atoms with E-state index < -0.39 is 23.9 Å². The molecular formula is C42H58N2O7. The van der Waals surface area contributed by atoms with Crippen molar-refractivity contribution in [3.8, 4) is 11.1 Å². The van der Waals surface area contributed by atoms with Crippen LogP contribution < -0.4 is 10.6 Å². The third kappa shape index (κ3) is 10.1. The van der Waals surface area contributed by atoms with Crippen molar-refractivity contribution < 1.29 is 33.7 Å². The van der Waals surface area contributed by atoms with E-state index in [-0.39, 0.29) is 43.0 Å². The number of aliphatic hydroxyl groups is 1. The van der Waals surface area contributed by atoms with Gasteiger partial charge >= 0.3 is 6.09 Å². The lowest BCUT2D eigenvalue weighted by Gasteiger charge is -2.48. The SMILES string of the molecule is CC(=O)/C(C)=C/[C@@H](C)CC[C@@H]1CCC[C@]2(CC[C@H](C)[C@@H](CCCNC(=O)[C@@H](C)[C@@H](O)CNC(=O)OCC3c4ccccc4-c4ccccc43)O2)O1. The summed E-state index contributed by atoms with van der Waals surface area (Å²) < 4.78 is 18.9. The van der Waals surface area contributed by atoms with E-state index in [2.05, 4.69) is 54.8 Å². The number of Topliss-reactive ketones (excluding diaryl/α,β-unsaturated/α-hetero) is 1. The zero-order valence-corrected chi connectivity index (χ0v) is 31.1. The molecule has 0 radical (unpaired) electrons. The largest absolute Gasteiger partial charge is 0.449 e. The highest BCUT2D eigenvalue weighted by Gasteiger charge is 2.44. The van der Waals surface area contributed by atoms with Crippen LogP contribution in [0, 0.1) is 17.8 Å². The van der Waals surface area contributed by atoms with Gasteiger partial charge in [-0.2, -0.15) is 0 Å². The molecule has 2 amide bonds. The number of aliphatic hydroxyl groups excluding tert-OH is 1. The van der Waals surface area contributed by atoms with Crippen molar-refractivity contribution in [2.75, 3.05) is 19.7 Å². The predicted molar refractivity (Wildman–Crippen MR) is 198 cm³/mol. The van der Waals surface area contributed by atoms with Gasteiger partial charge in [0.1, 0.15) is 6.61 Å². The molecular weight excluding hydrogens is 644 g/mol. The first-order valence-corrected chi connectivity index (χ1v) is 19.1. The van der Waals surface area contributed by atoms with E-state index in [0.29, 0.717) is 18.4 Å². The van der Waals surface area contributed by atoms with Crippen molar-refractivity contribution in [2.45, 2.75) is 122 Å². The summed E-state index contributed by atoms with van der Waals surface area (Å²) >= 11 is 0. The minimum absolute atomic E-state index is 0.0522. The minimum atomic E-state index is -1.05. The van der Waals surface area contributed by atoms with E-state index in [1.807, 2.05) is 31.2 Å². The molecule has 2 aliphatic heterocycles. The zero-order valence-electron chi connectivity index (χ0n) is 31.1. The number of amides is 2. The summed E-state index contributed by atoms with van der Waals surface area (Å²) in [5, 5.41) is 16.3. The molecule has 2 fully saturated rings. The van der Waals surface area contributed by atoms with E-state index in [0.717, 1.165) is 85.6 Å². The maximum atomic E-state index is 12.9. The molecule has 2 aromatic rings. The van der Waals surface area contributed by atoms with Gasteiger partial charge in [0.25, 0.3) is 0 Å². The van der Waals surface area contributed by atoms with Crippen LogP contribution in [0.1, 0.15) is 109 Å². The highest BCUT2D eigenvalue weighted by molar-refractivity contribution is 5.92. The van der Waals surface area contributed by atoms with Gasteiger partial charge in [-0.1, -0.05) is 75.4 Å². The Morgan fingerprint density at radius 2 is 1.65 bits per heavy atom. The van der Waals surface area contributed by atoms with Crippen LogP contribution in [0.15, 0.2) is 60.2 Å². The van der Waals surface area contributed by atoms with E-state index in [9.17, 15) is 19.5 Å². The highest BCUT2D eigenvalue weighted by Crippen LogP contribution is 2.45. The second kappa shape index (κ2) is 17.8. The molecule has 51 heavy (non-hydrogen) atoms. The third-order valence-electron chi connectivity index (χ3n) is 11.2. The van der Waals surface area contributed by atoms with Gasteiger partial charge in [0.05, 0.1) is 24.2 Å². The van der Waals surface area contributed by atoms with Gasteiger partial charge in [0, 0.05) is 31.8 Å². The monoisotopic (exact) mass is 702 g/mol. The van der Waals surface area contributed by atoms with Gasteiger partial charge in [-0.15, -0.1) is 0 Å². The molecule has 3 N–H and O–H groups in total. The predicted octanol–water partition coefficient (Wildman–Crippen LogP) is 7.45. The number of hydrogen-bond donors (Lipinski definition) is 3. The Hall–Kier alpha value is -3.53. The lowest BCUT2D eigenvalue weighted by molar-refractivity contribution is -0.324. The number of alkyl carbamates (subject to hydrolysis) is 1. The van der Waals surface area contributed by atoms with E-state index >= 15 is 0 Å². The molecule has 0 unspecified atom stereocenters. The number of hydrogen-bond acceptors (Lipinski definition) is 7. The Morgan fingerprint density at radius 3 is 2.33 bits per heavy atom. The molecule has 0 saturated carbocycles. The minimum Gasteiger partial charge on any atom is -0.449 e. The molecule has 1 aliphatic carbocycles. The van der Waals surface area contributed by atoms with E-state index in [1.165, 1.54) is 0 Å². The summed E-state index contributed by atoms with van der Waals surface area (Å²) in [7, 11) is 0. The lowest BCUT2D eigenvalue weighted by atomic mass is 9.85. The first-order valence-electron chi connectivity index (χ1n) is 19.1. The number of carbonyl (C=O) groups excluding carboxylic acids is 3. The van der Waals surface area contributed by atoms with Gasteiger partial charge < -0.3 is 30.0 Å². The van der Waals surface area contributed by atoms with Crippen LogP contribution in [0.3, 0.4) is 0 Å². The van der Waals surface area contributed by atoms with Crippen molar-refractivity contribution in [3.05, 3.63) is 71.3 Å². The molecule has 2 saturated heterocycles. The average molecular weight is 703 g/mol. The van der Waals surface area contributed by atoms with Gasteiger partial charge in [-0.25, -0.2) is 4.79 Å². The topological polar surface area (TPSA) is 123 Å². The van der Waals surface area contributed by atoms with Crippen molar-refractivity contribution in [2.24, 2.45) is 17.8 Å². The molecule has 5 rings (SSSR count). The number of ether oxygens (including phenoxy) is 3. The number of nitrogens with one attached hydrogen (secondary N) is 2. The first-order chi connectivity index (χ1) is 24.5. The van der Waals surface area contributed by atoms with Gasteiger partial charge in [-0.3, -0.25) is 9.59 Å². The Bertz CT molecular complexity index is 1500. The van der Waals surface area contributed by atoms with Gasteiger partial charge in [-0.05, 0) is 98.5 Å². The van der Waals surface area contributed by atoms with Crippen LogP contribution in [-0.4, -0.2) is 66.7 Å². The van der Waals surface area contributed by atoms with Crippen LogP contribution in [0.25, 0.3) is 11.1 Å². The first kappa shape index (κ1) is 38.7. The summed E-state index contributed by atoms with van der Waals surface area (Å²) in [6.07, 6.45) is 9.05. The number of allylic oxidation sites excluding steroid dienone is 2. The quantitative estimate of drug-likeness (QED) is 0.130. The van der Waals surface area contributed by atoms with Crippen LogP contribution >= 0.6 is 0 Å². The fraction of sp³-hybridized carbons (Fsp3) is 0.595. The number of ketones is 1. The lowest BCUT2D eigenvalue weighted by Crippen LogP contribution is -2.50. The number of rotatable bonds is 15. The standard InChI is InChI=1S/C42H58N2O7/c1-27(24-29(3)31(5)45)18-19-32-12-10-21-42(50-32)22-20-28(2)39(51-42)17-11-23-43-40(47)30(4)38(46)25-44-41(48)49-26-37-35-15-8-6-13-33(35)34-14-7-9-16-36(34)37/h6-9,13-16,24,27-28,30,32,37-39,46H,10-12,17-23,25-26H2,1-5H3,(H,43,47)(H,44,48)/b29-24+/t27-,28-,30-,32-,38-,39+,42-/m0/s1. The number of fused-ring (bicyclic) bond motifs is 3. The smallest absolute Gasteiger partial charge is 0.407 e. The Kier molecular flexibility index (Phi) is 13.5. The number of benzene rings is 2. The molecule has 9 nitrogen and oxygen atoms in total. The summed E-state index contributed by atoms with van der Waals surface area (Å²) in [6.45, 7) is 10.1. The van der Waals surface area contributed by atoms with Crippen molar-refractivity contribution in [3.63, 3.8) is 0 Å². The second-order valence-electron chi connectivity index (χ2n) is 15.2. The molecule has 1 spiro atoms. The summed E-state index contributed by atoms with van der Waals surface area (Å²) in [6, 6.07) is 16.3. The van der Waals surface area contributed by atoms with Crippen molar-refractivity contribution >= 4 is 17.8 Å². The molecule has 0 aromatic heterocycles. The maximum Gasteiger partial charge on any atom is 0.407 e. The van der Waals surface area contributed by atoms with Crippen molar-refractivity contribution in [1.82, 2.24) is 10.6 Å². The molecule has 9 heteroatoms. The van der Waals surface area contributed by atoms with Crippen molar-refractivity contribution in [1.29, 1.82) is 0 Å². The normalized spacial score (nSPS) is 25.0. The third-order valence-corrected chi connectivity index (χ3v) is 11.2. The molecule has 2 heterocycles. The molecule has 3 aliphatic rings. The van der Waals surface area contributed by atoms with Gasteiger partial charge in [0.15, 0.2) is 11.6 Å². The summed E-state index contributed by atoms with van der Waals surface area (Å²) in [5.74, 6) is -0.694. The van der Waals surface area contributed by atoms with Crippen LogP contribution in [0.2, 0.25) is 0 Å². The molecule has 278 valence electrons. The average Bonchev–Trinajstić information content (AvgIpc) is 3.45. The Morgan fingerprint density at radius 1 is 0.961 bits per heavy atom. The Labute approximate surface area is 303 Å².